The van der Waals surface area contributed by atoms with Gasteiger partial charge in [0.05, 0.1) is 40.6 Å². The predicted octanol–water partition coefficient (Wildman–Crippen LogP) is 3.88. The van der Waals surface area contributed by atoms with Gasteiger partial charge in [-0.2, -0.15) is 4.31 Å². The zero-order valence-corrected chi connectivity index (χ0v) is 21.8. The van der Waals surface area contributed by atoms with Crippen LogP contribution in [0.5, 0.6) is 0 Å². The number of halogens is 1. The number of carbonyl (C=O) groups is 1. The Morgan fingerprint density at radius 3 is 2.38 bits per heavy atom. The summed E-state index contributed by atoms with van der Waals surface area (Å²) in [6.45, 7) is 1.21. The molecule has 3 aromatic rings. The van der Waals surface area contributed by atoms with Crippen LogP contribution in [0.1, 0.15) is 15.9 Å². The van der Waals surface area contributed by atoms with E-state index in [0.717, 1.165) is 9.87 Å². The van der Waals surface area contributed by atoms with Crippen molar-refractivity contribution in [2.75, 3.05) is 35.9 Å². The number of hydrogen-bond acceptors (Lipinski definition) is 6. The Balaban J connectivity index is 1.57. The summed E-state index contributed by atoms with van der Waals surface area (Å²) in [5.74, 6) is -0.621. The molecule has 0 saturated carbocycles. The minimum absolute atomic E-state index is 0.0134. The molecule has 194 valence electrons. The van der Waals surface area contributed by atoms with Gasteiger partial charge in [0.1, 0.15) is 0 Å². The van der Waals surface area contributed by atoms with Crippen LogP contribution in [0.2, 0.25) is 5.02 Å². The molecule has 1 N–H and O–H groups in total. The van der Waals surface area contributed by atoms with Crippen LogP contribution in [-0.2, 0) is 26.0 Å². The van der Waals surface area contributed by atoms with Gasteiger partial charge in [-0.25, -0.2) is 8.42 Å². The molecule has 0 bridgehead atoms. The van der Waals surface area contributed by atoms with Crippen LogP contribution in [0.4, 0.5) is 11.4 Å². The van der Waals surface area contributed by atoms with Gasteiger partial charge in [0.2, 0.25) is 10.0 Å². The van der Waals surface area contributed by atoms with Crippen molar-refractivity contribution >= 4 is 56.2 Å². The summed E-state index contributed by atoms with van der Waals surface area (Å²) in [5, 5.41) is 2.91. The van der Waals surface area contributed by atoms with Crippen molar-refractivity contribution in [1.82, 2.24) is 4.31 Å². The zero-order chi connectivity index (χ0) is 26.4. The molecule has 1 aliphatic heterocycles. The number of anilines is 2. The van der Waals surface area contributed by atoms with E-state index in [1.54, 1.807) is 18.2 Å². The van der Waals surface area contributed by atoms with Crippen LogP contribution in [0.25, 0.3) is 6.08 Å². The highest BCUT2D eigenvalue weighted by atomic mass is 35.5. The number of carbonyl (C=O) groups excluding carboxylic acids is 1. The molecular weight excluding hydrogens is 538 g/mol. The number of amides is 1. The first kappa shape index (κ1) is 27.0. The molecule has 3 aromatic carbocycles. The quantitative estimate of drug-likeness (QED) is 0.418. The van der Waals surface area contributed by atoms with Crippen molar-refractivity contribution in [3.8, 4) is 0 Å². The van der Waals surface area contributed by atoms with Crippen molar-refractivity contribution in [1.29, 1.82) is 0 Å². The number of rotatable bonds is 8. The lowest BCUT2D eigenvalue weighted by molar-refractivity contribution is 0.0730. The molecule has 0 aliphatic carbocycles. The van der Waals surface area contributed by atoms with Crippen molar-refractivity contribution in [2.45, 2.75) is 4.90 Å². The monoisotopic (exact) mass is 560 g/mol. The maximum Gasteiger partial charge on any atom is 0.257 e. The molecule has 9 nitrogen and oxygen atoms in total. The summed E-state index contributed by atoms with van der Waals surface area (Å²) in [5.41, 5.74) is 1.20. The van der Waals surface area contributed by atoms with Gasteiger partial charge in [0.25, 0.3) is 5.91 Å². The number of nitrogens with zero attached hydrogens (tertiary/aromatic N) is 2. The molecule has 1 amide bonds. The molecule has 0 aromatic heterocycles. The summed E-state index contributed by atoms with van der Waals surface area (Å²) < 4.78 is 57.2. The molecule has 37 heavy (non-hydrogen) atoms. The van der Waals surface area contributed by atoms with Crippen molar-refractivity contribution in [2.24, 2.45) is 0 Å². The van der Waals surface area contributed by atoms with Gasteiger partial charge in [0.15, 0.2) is 0 Å². The first-order chi connectivity index (χ1) is 17.8. The Kier molecular flexibility index (Phi) is 8.75. The van der Waals surface area contributed by atoms with E-state index in [9.17, 15) is 22.0 Å². The lowest BCUT2D eigenvalue weighted by Crippen LogP contribution is -2.40. The van der Waals surface area contributed by atoms with Crippen LogP contribution < -0.4 is 9.62 Å². The molecule has 1 fully saturated rings. The number of hydrogen-bond donors (Lipinski definition) is 1. The third-order valence-electron chi connectivity index (χ3n) is 5.52. The van der Waals surface area contributed by atoms with Crippen molar-refractivity contribution < 1.29 is 26.7 Å². The highest BCUT2D eigenvalue weighted by Gasteiger charge is 2.26. The summed E-state index contributed by atoms with van der Waals surface area (Å²) in [6.07, 6.45) is 2.93. The molecule has 1 heterocycles. The van der Waals surface area contributed by atoms with Crippen LogP contribution >= 0.6 is 11.6 Å². The molecule has 0 spiro atoms. The normalized spacial score (nSPS) is 15.4. The topological polar surface area (TPSA) is 119 Å². The Bertz CT molecular complexity index is 1410. The number of ether oxygens (including phenoxy) is 1. The summed E-state index contributed by atoms with van der Waals surface area (Å²) in [6, 6.07) is 19.1. The van der Waals surface area contributed by atoms with Gasteiger partial charge in [-0.05, 0) is 54.1 Å². The zero-order valence-electron chi connectivity index (χ0n) is 19.4. The fourth-order valence-corrected chi connectivity index (χ4v) is 5.72. The second-order valence-electron chi connectivity index (χ2n) is 7.93. The van der Waals surface area contributed by atoms with E-state index in [4.69, 9.17) is 16.3 Å². The highest BCUT2D eigenvalue weighted by molar-refractivity contribution is 7.89. The van der Waals surface area contributed by atoms with Gasteiger partial charge >= 0.3 is 0 Å². The minimum Gasteiger partial charge on any atom is -0.755 e. The lowest BCUT2D eigenvalue weighted by Gasteiger charge is -2.26. The van der Waals surface area contributed by atoms with Crippen LogP contribution in [-0.4, -0.2) is 53.7 Å². The first-order valence-corrected chi connectivity index (χ1v) is 14.0. The van der Waals surface area contributed by atoms with Gasteiger partial charge < -0.3 is 14.6 Å². The van der Waals surface area contributed by atoms with Crippen LogP contribution in [0.15, 0.2) is 83.9 Å². The maximum absolute atomic E-state index is 13.2. The Labute approximate surface area is 222 Å². The third-order valence-corrected chi connectivity index (χ3v) is 8.31. The fourth-order valence-electron chi connectivity index (χ4n) is 3.66. The Hall–Kier alpha value is -3.06. The van der Waals surface area contributed by atoms with Crippen LogP contribution in [0.3, 0.4) is 0 Å². The van der Waals surface area contributed by atoms with Crippen molar-refractivity contribution in [3.05, 3.63) is 95.1 Å². The number of nitrogens with one attached hydrogen (secondary N) is 1. The van der Waals surface area contributed by atoms with E-state index in [1.165, 1.54) is 53.0 Å². The SMILES string of the molecule is O=C(Nc1ccc(S(=O)(=O)N2CCOCC2)cc1)c1cc(Cl)ccc1N(C=Cc1ccccc1)S(=O)[O-]. The molecule has 1 unspecified atom stereocenters. The molecule has 4 rings (SSSR count). The van der Waals surface area contributed by atoms with E-state index >= 15 is 0 Å². The Morgan fingerprint density at radius 2 is 1.73 bits per heavy atom. The summed E-state index contributed by atoms with van der Waals surface area (Å²) in [7, 11) is -3.68. The summed E-state index contributed by atoms with van der Waals surface area (Å²) in [4.78, 5) is 13.2. The third kappa shape index (κ3) is 6.63. The summed E-state index contributed by atoms with van der Waals surface area (Å²) >= 11 is 3.38. The molecule has 12 heteroatoms. The average Bonchev–Trinajstić information content (AvgIpc) is 2.90. The van der Waals surface area contributed by atoms with Gasteiger partial charge in [0, 0.05) is 30.0 Å². The van der Waals surface area contributed by atoms with Crippen molar-refractivity contribution in [3.63, 3.8) is 0 Å². The molecule has 0 radical (unpaired) electrons. The second-order valence-corrected chi connectivity index (χ2v) is 11.1. The standard InChI is InChI=1S/C25H24ClN3O6S2/c26-20-6-11-24(29(36(31)32)13-12-19-4-2-1-3-5-19)23(18-20)25(30)27-21-7-9-22(10-8-21)37(33,34)28-14-16-35-17-15-28/h1-13,18H,14-17H2,(H,27,30)(H,31,32)/p-1. The number of sulfonamides is 1. The predicted molar refractivity (Wildman–Crippen MR) is 142 cm³/mol. The van der Waals surface area contributed by atoms with E-state index in [2.05, 4.69) is 5.32 Å². The van der Waals surface area contributed by atoms with E-state index in [0.29, 0.717) is 18.9 Å². The molecule has 1 atom stereocenters. The molecule has 1 aliphatic rings. The largest absolute Gasteiger partial charge is 0.755 e. The molecule has 1 saturated heterocycles. The lowest BCUT2D eigenvalue weighted by atomic mass is 10.1. The first-order valence-electron chi connectivity index (χ1n) is 11.2. The average molecular weight is 561 g/mol. The van der Waals surface area contributed by atoms with Gasteiger partial charge in [-0.1, -0.05) is 41.9 Å². The fraction of sp³-hybridized carbons (Fsp3) is 0.160. The minimum atomic E-state index is -3.68. The van der Waals surface area contributed by atoms with Crippen LogP contribution in [0, 0.1) is 0 Å². The number of morpholine rings is 1. The van der Waals surface area contributed by atoms with E-state index < -0.39 is 27.2 Å². The van der Waals surface area contributed by atoms with Gasteiger partial charge in [-0.15, -0.1) is 0 Å². The second kappa shape index (κ2) is 12.0. The maximum atomic E-state index is 13.2. The van der Waals surface area contributed by atoms with E-state index in [-0.39, 0.29) is 34.3 Å². The molecular formula is C25H23ClN3O6S2-. The van der Waals surface area contributed by atoms with E-state index in [1.807, 2.05) is 18.2 Å². The highest BCUT2D eigenvalue weighted by Crippen LogP contribution is 2.28. The smallest absolute Gasteiger partial charge is 0.257 e. The Morgan fingerprint density at radius 1 is 1.05 bits per heavy atom. The van der Waals surface area contributed by atoms with Gasteiger partial charge in [-0.3, -0.25) is 13.3 Å². The number of benzene rings is 3.